The first-order valence-electron chi connectivity index (χ1n) is 5.17. The van der Waals surface area contributed by atoms with E-state index in [1.807, 2.05) is 0 Å². The number of amides is 1. The minimum absolute atomic E-state index is 0.0957. The number of anilines is 2. The summed E-state index contributed by atoms with van der Waals surface area (Å²) in [5.74, 6) is 2.82. The van der Waals surface area contributed by atoms with Gasteiger partial charge in [0.25, 0.3) is 5.91 Å². The fourth-order valence-corrected chi connectivity index (χ4v) is 1.33. The van der Waals surface area contributed by atoms with Gasteiger partial charge in [-0.1, -0.05) is 6.07 Å². The molecule has 1 aromatic heterocycles. The highest BCUT2D eigenvalue weighted by molar-refractivity contribution is 6.02. The van der Waals surface area contributed by atoms with Gasteiger partial charge in [-0.25, -0.2) is 14.6 Å². The minimum Gasteiger partial charge on any atom is -0.316 e. The van der Waals surface area contributed by atoms with Crippen molar-refractivity contribution in [3.8, 4) is 0 Å². The number of nitrogens with one attached hydrogen (secondary N) is 2. The first-order chi connectivity index (χ1) is 9.11. The topological polar surface area (TPSA) is 92.9 Å². The van der Waals surface area contributed by atoms with Crippen molar-refractivity contribution in [2.75, 3.05) is 10.7 Å². The summed E-state index contributed by atoms with van der Waals surface area (Å²) in [7, 11) is 0. The van der Waals surface area contributed by atoms with E-state index in [2.05, 4.69) is 20.9 Å². The molecule has 0 spiro atoms. The highest BCUT2D eigenvalue weighted by atomic mass is 19.1. The maximum absolute atomic E-state index is 13.3. The van der Waals surface area contributed by atoms with Crippen LogP contribution in [0.25, 0.3) is 0 Å². The van der Waals surface area contributed by atoms with Crippen molar-refractivity contribution >= 4 is 17.4 Å². The second-order valence-corrected chi connectivity index (χ2v) is 3.50. The van der Waals surface area contributed by atoms with Crippen LogP contribution >= 0.6 is 0 Å². The zero-order valence-corrected chi connectivity index (χ0v) is 9.52. The number of carbonyl (C=O) groups excluding carboxylic acids is 1. The summed E-state index contributed by atoms with van der Waals surface area (Å²) < 4.78 is 26.7. The molecule has 98 valence electrons. The molecule has 8 heteroatoms. The predicted octanol–water partition coefficient (Wildman–Crippen LogP) is 1.29. The van der Waals surface area contributed by atoms with Crippen molar-refractivity contribution in [1.82, 2.24) is 10.2 Å². The lowest BCUT2D eigenvalue weighted by atomic mass is 10.2. The summed E-state index contributed by atoms with van der Waals surface area (Å²) in [6.45, 7) is 0. The Morgan fingerprint density at radius 2 is 1.79 bits per heavy atom. The number of carbonyl (C=O) groups is 1. The first-order valence-corrected chi connectivity index (χ1v) is 5.17. The fourth-order valence-electron chi connectivity index (χ4n) is 1.33. The number of nitrogens with two attached hydrogens (primary N) is 1. The molecule has 0 bridgehead atoms. The summed E-state index contributed by atoms with van der Waals surface area (Å²) >= 11 is 0. The van der Waals surface area contributed by atoms with E-state index in [4.69, 9.17) is 5.84 Å². The van der Waals surface area contributed by atoms with Crippen LogP contribution in [0.3, 0.4) is 0 Å². The standard InChI is InChI=1S/C11H9F2N5O/c12-6-2-1-3-7(13)10(6)15-11(19)8-4-5-9(16-14)18-17-8/h1-5H,14H2,(H,15,19)(H,16,18). The van der Waals surface area contributed by atoms with Gasteiger partial charge < -0.3 is 10.7 Å². The SMILES string of the molecule is NNc1ccc(C(=O)Nc2c(F)cccc2F)nn1. The molecule has 0 radical (unpaired) electrons. The molecule has 0 fully saturated rings. The number of hydrazine groups is 1. The van der Waals surface area contributed by atoms with Gasteiger partial charge in [0.2, 0.25) is 0 Å². The number of benzene rings is 1. The third-order valence-electron chi connectivity index (χ3n) is 2.25. The van der Waals surface area contributed by atoms with E-state index in [1.165, 1.54) is 18.2 Å². The number of nitrogen functional groups attached to an aromatic ring is 1. The van der Waals surface area contributed by atoms with E-state index in [9.17, 15) is 13.6 Å². The molecule has 4 N–H and O–H groups in total. The van der Waals surface area contributed by atoms with Crippen LogP contribution < -0.4 is 16.6 Å². The first kappa shape index (κ1) is 12.8. The highest BCUT2D eigenvalue weighted by Crippen LogP contribution is 2.18. The number of hydrogen-bond acceptors (Lipinski definition) is 5. The van der Waals surface area contributed by atoms with Gasteiger partial charge >= 0.3 is 0 Å². The highest BCUT2D eigenvalue weighted by Gasteiger charge is 2.14. The van der Waals surface area contributed by atoms with Crippen LogP contribution in [0.2, 0.25) is 0 Å². The van der Waals surface area contributed by atoms with E-state index < -0.39 is 23.2 Å². The smallest absolute Gasteiger partial charge is 0.276 e. The van der Waals surface area contributed by atoms with Crippen molar-refractivity contribution in [3.05, 3.63) is 47.7 Å². The Kier molecular flexibility index (Phi) is 3.62. The van der Waals surface area contributed by atoms with Crippen molar-refractivity contribution in [3.63, 3.8) is 0 Å². The van der Waals surface area contributed by atoms with Gasteiger partial charge in [0, 0.05) is 0 Å². The Labute approximate surface area is 106 Å². The van der Waals surface area contributed by atoms with Crippen LogP contribution in [-0.2, 0) is 0 Å². The molecule has 0 aliphatic heterocycles. The lowest BCUT2D eigenvalue weighted by Crippen LogP contribution is -2.17. The van der Waals surface area contributed by atoms with E-state index in [0.717, 1.165) is 12.1 Å². The molecule has 1 aromatic carbocycles. The van der Waals surface area contributed by atoms with Crippen molar-refractivity contribution in [1.29, 1.82) is 0 Å². The molecule has 0 atom stereocenters. The Morgan fingerprint density at radius 1 is 1.11 bits per heavy atom. The summed E-state index contributed by atoms with van der Waals surface area (Å²) in [4.78, 5) is 11.7. The lowest BCUT2D eigenvalue weighted by Gasteiger charge is -2.06. The molecule has 2 rings (SSSR count). The van der Waals surface area contributed by atoms with Crippen LogP contribution in [0.4, 0.5) is 20.3 Å². The van der Waals surface area contributed by atoms with Crippen LogP contribution in [0.5, 0.6) is 0 Å². The molecule has 19 heavy (non-hydrogen) atoms. The number of rotatable bonds is 3. The molecular weight excluding hydrogens is 256 g/mol. The van der Waals surface area contributed by atoms with Gasteiger partial charge in [-0.15, -0.1) is 10.2 Å². The van der Waals surface area contributed by atoms with E-state index in [1.54, 1.807) is 0 Å². The minimum atomic E-state index is -0.874. The predicted molar refractivity (Wildman–Crippen MR) is 64.2 cm³/mol. The molecule has 0 unspecified atom stereocenters. The third kappa shape index (κ3) is 2.80. The number of halogens is 2. The van der Waals surface area contributed by atoms with Gasteiger partial charge in [0.05, 0.1) is 0 Å². The second-order valence-electron chi connectivity index (χ2n) is 3.50. The largest absolute Gasteiger partial charge is 0.316 e. The fraction of sp³-hybridized carbons (Fsp3) is 0. The van der Waals surface area contributed by atoms with Crippen LogP contribution in [-0.4, -0.2) is 16.1 Å². The quantitative estimate of drug-likeness (QED) is 0.574. The normalized spacial score (nSPS) is 10.1. The average molecular weight is 265 g/mol. The molecule has 0 saturated carbocycles. The third-order valence-corrected chi connectivity index (χ3v) is 2.25. The van der Waals surface area contributed by atoms with E-state index in [-0.39, 0.29) is 11.5 Å². The number of hydrogen-bond donors (Lipinski definition) is 3. The zero-order chi connectivity index (χ0) is 13.8. The molecule has 1 heterocycles. The molecule has 0 aliphatic carbocycles. The monoisotopic (exact) mass is 265 g/mol. The summed E-state index contributed by atoms with van der Waals surface area (Å²) in [5.41, 5.74) is 1.61. The van der Waals surface area contributed by atoms with Gasteiger partial charge in [-0.2, -0.15) is 0 Å². The Balaban J connectivity index is 2.20. The number of para-hydroxylation sites is 1. The summed E-state index contributed by atoms with van der Waals surface area (Å²) in [5, 5.41) is 9.21. The molecule has 0 saturated heterocycles. The van der Waals surface area contributed by atoms with Gasteiger partial charge in [-0.05, 0) is 24.3 Å². The molecule has 0 aliphatic rings. The Bertz CT molecular complexity index is 582. The maximum Gasteiger partial charge on any atom is 0.276 e. The van der Waals surface area contributed by atoms with Gasteiger partial charge in [0.1, 0.15) is 17.3 Å². The molecule has 6 nitrogen and oxygen atoms in total. The zero-order valence-electron chi connectivity index (χ0n) is 9.52. The van der Waals surface area contributed by atoms with Crippen molar-refractivity contribution < 1.29 is 13.6 Å². The lowest BCUT2D eigenvalue weighted by molar-refractivity contribution is 0.102. The number of aromatic nitrogens is 2. The van der Waals surface area contributed by atoms with Crippen LogP contribution in [0, 0.1) is 11.6 Å². The number of nitrogens with zero attached hydrogens (tertiary/aromatic N) is 2. The Hall–Kier alpha value is -2.61. The molecule has 1 amide bonds. The van der Waals surface area contributed by atoms with E-state index >= 15 is 0 Å². The Morgan fingerprint density at radius 3 is 2.32 bits per heavy atom. The summed E-state index contributed by atoms with van der Waals surface area (Å²) in [6, 6.07) is 5.98. The van der Waals surface area contributed by atoms with Crippen molar-refractivity contribution in [2.45, 2.75) is 0 Å². The van der Waals surface area contributed by atoms with Crippen molar-refractivity contribution in [2.24, 2.45) is 5.84 Å². The molecular formula is C11H9F2N5O. The van der Waals surface area contributed by atoms with Gasteiger partial charge in [-0.3, -0.25) is 4.79 Å². The van der Waals surface area contributed by atoms with Crippen LogP contribution in [0.15, 0.2) is 30.3 Å². The second kappa shape index (κ2) is 5.36. The maximum atomic E-state index is 13.3. The van der Waals surface area contributed by atoms with Crippen LogP contribution in [0.1, 0.15) is 10.5 Å². The average Bonchev–Trinajstić information content (AvgIpc) is 2.43. The summed E-state index contributed by atoms with van der Waals surface area (Å²) in [6.07, 6.45) is 0. The molecule has 2 aromatic rings. The van der Waals surface area contributed by atoms with E-state index in [0.29, 0.717) is 0 Å². The van der Waals surface area contributed by atoms with Gasteiger partial charge in [0.15, 0.2) is 11.5 Å².